The average Bonchev–Trinajstić information content (AvgIpc) is 2.27. The summed E-state index contributed by atoms with van der Waals surface area (Å²) in [6, 6.07) is 3.20. The van der Waals surface area contributed by atoms with Crippen LogP contribution in [0.25, 0.3) is 0 Å². The van der Waals surface area contributed by atoms with Crippen LogP contribution in [0.5, 0.6) is 0 Å². The van der Waals surface area contributed by atoms with Crippen molar-refractivity contribution in [3.05, 3.63) is 39.7 Å². The lowest BCUT2D eigenvalue weighted by Gasteiger charge is -2.20. The second kappa shape index (κ2) is 5.91. The molecule has 0 aliphatic heterocycles. The zero-order valence-electron chi connectivity index (χ0n) is 11.2. The molecule has 0 bridgehead atoms. The van der Waals surface area contributed by atoms with Crippen molar-refractivity contribution >= 4 is 23.3 Å². The van der Waals surface area contributed by atoms with Crippen molar-refractivity contribution in [1.82, 2.24) is 4.57 Å². The molecule has 0 spiro atoms. The molecule has 0 saturated heterocycles. The lowest BCUT2D eigenvalue weighted by molar-refractivity contribution is 0.585. The molecule has 1 aromatic heterocycles. The molecule has 0 aliphatic carbocycles. The summed E-state index contributed by atoms with van der Waals surface area (Å²) in [7, 11) is 0. The number of nitrogens with one attached hydrogen (secondary N) is 2. The van der Waals surface area contributed by atoms with Crippen molar-refractivity contribution in [2.24, 2.45) is 0 Å². The van der Waals surface area contributed by atoms with E-state index in [1.807, 2.05) is 20.1 Å². The summed E-state index contributed by atoms with van der Waals surface area (Å²) >= 11 is 1.47. The number of hydrogen-bond acceptors (Lipinski definition) is 4. The molecule has 98 valence electrons. The second-order valence-corrected chi connectivity index (χ2v) is 5.18. The average molecular weight is 265 g/mol. The van der Waals surface area contributed by atoms with Crippen molar-refractivity contribution in [2.75, 3.05) is 11.6 Å². The number of hydrogen-bond donors (Lipinski definition) is 2. The minimum atomic E-state index is -0.0774. The Morgan fingerprint density at radius 1 is 1.50 bits per heavy atom. The SMILES string of the molecule is C=C(Nc1c(C(C)=N)ccc(=O)n1C(C)C)SC. The molecule has 2 N–H and O–H groups in total. The fourth-order valence-corrected chi connectivity index (χ4v) is 1.88. The van der Waals surface area contributed by atoms with Crippen LogP contribution in [0.4, 0.5) is 5.82 Å². The van der Waals surface area contributed by atoms with Gasteiger partial charge < -0.3 is 10.7 Å². The molecule has 0 saturated carbocycles. The minimum absolute atomic E-state index is 0.0222. The first-order valence-corrected chi connectivity index (χ1v) is 6.92. The summed E-state index contributed by atoms with van der Waals surface area (Å²) in [4.78, 5) is 11.9. The van der Waals surface area contributed by atoms with Gasteiger partial charge in [0.25, 0.3) is 5.56 Å². The predicted octanol–water partition coefficient (Wildman–Crippen LogP) is 3.06. The highest BCUT2D eigenvalue weighted by molar-refractivity contribution is 8.02. The standard InChI is InChI=1S/C13H19N3OS/c1-8(2)16-12(17)7-6-11(9(3)14)13(16)15-10(4)18-5/h6-8,14-15H,4H2,1-3,5H3. The highest BCUT2D eigenvalue weighted by atomic mass is 32.2. The number of aromatic nitrogens is 1. The van der Waals surface area contributed by atoms with Crippen LogP contribution in [0.1, 0.15) is 32.4 Å². The third kappa shape index (κ3) is 3.04. The van der Waals surface area contributed by atoms with Gasteiger partial charge in [0.2, 0.25) is 0 Å². The Bertz CT molecular complexity index is 532. The van der Waals surface area contributed by atoms with Gasteiger partial charge in [-0.3, -0.25) is 9.36 Å². The maximum absolute atomic E-state index is 11.9. The molecule has 0 aromatic carbocycles. The van der Waals surface area contributed by atoms with E-state index in [0.717, 1.165) is 10.6 Å². The van der Waals surface area contributed by atoms with Crippen LogP contribution in [0, 0.1) is 5.41 Å². The van der Waals surface area contributed by atoms with E-state index in [2.05, 4.69) is 11.9 Å². The quantitative estimate of drug-likeness (QED) is 0.804. The Hall–Kier alpha value is -1.49. The van der Waals surface area contributed by atoms with Crippen molar-refractivity contribution in [3.63, 3.8) is 0 Å². The van der Waals surface area contributed by atoms with Gasteiger partial charge in [-0.1, -0.05) is 6.58 Å². The first-order chi connectivity index (χ1) is 8.38. The Balaban J connectivity index is 3.48. The highest BCUT2D eigenvalue weighted by Gasteiger charge is 2.14. The molecule has 0 atom stereocenters. The zero-order chi connectivity index (χ0) is 13.9. The molecule has 0 fully saturated rings. The van der Waals surface area contributed by atoms with E-state index in [9.17, 15) is 4.79 Å². The third-order valence-corrected chi connectivity index (χ3v) is 3.15. The van der Waals surface area contributed by atoms with E-state index >= 15 is 0 Å². The highest BCUT2D eigenvalue weighted by Crippen LogP contribution is 2.22. The van der Waals surface area contributed by atoms with Gasteiger partial charge in [0, 0.05) is 23.4 Å². The number of rotatable bonds is 5. The van der Waals surface area contributed by atoms with Gasteiger partial charge >= 0.3 is 0 Å². The summed E-state index contributed by atoms with van der Waals surface area (Å²) in [5.41, 5.74) is 1.06. The molecule has 0 amide bonds. The van der Waals surface area contributed by atoms with E-state index in [0.29, 0.717) is 11.5 Å². The molecule has 1 heterocycles. The first kappa shape index (κ1) is 14.6. The molecule has 1 rings (SSSR count). The molecule has 0 unspecified atom stereocenters. The predicted molar refractivity (Wildman–Crippen MR) is 79.9 cm³/mol. The summed E-state index contributed by atoms with van der Waals surface area (Å²) in [5, 5.41) is 11.7. The smallest absolute Gasteiger partial charge is 0.252 e. The Morgan fingerprint density at radius 2 is 2.11 bits per heavy atom. The zero-order valence-corrected chi connectivity index (χ0v) is 12.0. The fraction of sp³-hybridized carbons (Fsp3) is 0.385. The topological polar surface area (TPSA) is 57.9 Å². The van der Waals surface area contributed by atoms with Crippen molar-refractivity contribution in [1.29, 1.82) is 5.41 Å². The van der Waals surface area contributed by atoms with Crippen molar-refractivity contribution in [3.8, 4) is 0 Å². The van der Waals surface area contributed by atoms with E-state index in [1.54, 1.807) is 17.6 Å². The second-order valence-electron chi connectivity index (χ2n) is 4.27. The normalized spacial score (nSPS) is 10.5. The van der Waals surface area contributed by atoms with Crippen molar-refractivity contribution < 1.29 is 0 Å². The van der Waals surface area contributed by atoms with Crippen LogP contribution in [-0.2, 0) is 0 Å². The monoisotopic (exact) mass is 265 g/mol. The number of thioether (sulfide) groups is 1. The van der Waals surface area contributed by atoms with Gasteiger partial charge in [-0.25, -0.2) is 0 Å². The number of nitrogens with zero attached hydrogens (tertiary/aromatic N) is 1. The van der Waals surface area contributed by atoms with E-state index in [-0.39, 0.29) is 11.6 Å². The van der Waals surface area contributed by atoms with Crippen molar-refractivity contribution in [2.45, 2.75) is 26.8 Å². The van der Waals surface area contributed by atoms with Gasteiger partial charge in [0.1, 0.15) is 5.82 Å². The number of anilines is 1. The summed E-state index contributed by atoms with van der Waals surface area (Å²) < 4.78 is 1.65. The minimum Gasteiger partial charge on any atom is -0.336 e. The molecular formula is C13H19N3OS. The Kier molecular flexibility index (Phi) is 4.78. The maximum atomic E-state index is 11.9. The van der Waals surface area contributed by atoms with Crippen LogP contribution < -0.4 is 10.9 Å². The Morgan fingerprint density at radius 3 is 2.56 bits per heavy atom. The van der Waals surface area contributed by atoms with E-state index in [1.165, 1.54) is 17.8 Å². The molecule has 0 aliphatic rings. The van der Waals surface area contributed by atoms with Crippen LogP contribution in [0.3, 0.4) is 0 Å². The molecule has 0 radical (unpaired) electrons. The van der Waals surface area contributed by atoms with Gasteiger partial charge in [-0.2, -0.15) is 0 Å². The first-order valence-electron chi connectivity index (χ1n) is 5.69. The van der Waals surface area contributed by atoms with Crippen LogP contribution >= 0.6 is 11.8 Å². The van der Waals surface area contributed by atoms with Gasteiger partial charge in [0.15, 0.2) is 0 Å². The molecule has 4 nitrogen and oxygen atoms in total. The van der Waals surface area contributed by atoms with Crippen LogP contribution in [0.15, 0.2) is 28.5 Å². The van der Waals surface area contributed by atoms with Gasteiger partial charge in [-0.15, -0.1) is 11.8 Å². The molecule has 18 heavy (non-hydrogen) atoms. The molecular weight excluding hydrogens is 246 g/mol. The van der Waals surface area contributed by atoms with Gasteiger partial charge in [0.05, 0.1) is 5.03 Å². The van der Waals surface area contributed by atoms with E-state index < -0.39 is 0 Å². The van der Waals surface area contributed by atoms with E-state index in [4.69, 9.17) is 5.41 Å². The fourth-order valence-electron chi connectivity index (χ4n) is 1.68. The molecule has 1 aromatic rings. The van der Waals surface area contributed by atoms with Crippen LogP contribution in [0.2, 0.25) is 0 Å². The van der Waals surface area contributed by atoms with Gasteiger partial charge in [-0.05, 0) is 33.1 Å². The summed E-state index contributed by atoms with van der Waals surface area (Å²) in [6.45, 7) is 9.45. The Labute approximate surface area is 112 Å². The lowest BCUT2D eigenvalue weighted by Crippen LogP contribution is -2.26. The third-order valence-electron chi connectivity index (χ3n) is 2.55. The lowest BCUT2D eigenvalue weighted by atomic mass is 10.1. The van der Waals surface area contributed by atoms with Crippen LogP contribution in [-0.4, -0.2) is 16.5 Å². The summed E-state index contributed by atoms with van der Waals surface area (Å²) in [6.07, 6.45) is 1.91. The largest absolute Gasteiger partial charge is 0.336 e. The molecule has 5 heteroatoms. The maximum Gasteiger partial charge on any atom is 0.252 e. The number of pyridine rings is 1. The summed E-state index contributed by atoms with van der Waals surface area (Å²) in [5.74, 6) is 0.643.